The van der Waals surface area contributed by atoms with E-state index >= 15 is 0 Å². The Morgan fingerprint density at radius 2 is 2.28 bits per heavy atom. The van der Waals surface area contributed by atoms with Crippen LogP contribution in [0.25, 0.3) is 0 Å². The van der Waals surface area contributed by atoms with Crippen molar-refractivity contribution in [1.82, 2.24) is 4.90 Å². The number of aliphatic carboxylic acids is 1. The Morgan fingerprint density at radius 1 is 1.44 bits per heavy atom. The highest BCUT2D eigenvalue weighted by Crippen LogP contribution is 2.28. The summed E-state index contributed by atoms with van der Waals surface area (Å²) in [6, 6.07) is 0.665. The molecule has 3 unspecified atom stereocenters. The molecule has 2 saturated heterocycles. The number of ether oxygens (including phenoxy) is 1. The van der Waals surface area contributed by atoms with Crippen molar-refractivity contribution >= 4 is 5.97 Å². The number of likely N-dealkylation sites (tertiary alicyclic amines) is 1. The lowest BCUT2D eigenvalue weighted by Gasteiger charge is -2.35. The molecule has 0 aromatic heterocycles. The zero-order valence-electron chi connectivity index (χ0n) is 11.3. The third-order valence-electron chi connectivity index (χ3n) is 4.40. The molecule has 0 saturated carbocycles. The molecule has 4 nitrogen and oxygen atoms in total. The van der Waals surface area contributed by atoms with Gasteiger partial charge in [0.25, 0.3) is 0 Å². The fourth-order valence-electron chi connectivity index (χ4n) is 3.23. The summed E-state index contributed by atoms with van der Waals surface area (Å²) in [4.78, 5) is 13.2. The van der Waals surface area contributed by atoms with Crippen molar-refractivity contribution in [2.24, 2.45) is 5.92 Å². The second kappa shape index (κ2) is 6.53. The Bertz CT molecular complexity index is 282. The standard InChI is InChI=1S/C14H25NO3/c1-2-13-9-12(6-8-18-13)15-7-5-11(10-15)3-4-14(16)17/h11-13H,2-10H2,1H3,(H,16,17). The van der Waals surface area contributed by atoms with Gasteiger partial charge in [-0.3, -0.25) is 9.69 Å². The third kappa shape index (κ3) is 3.69. The minimum atomic E-state index is -0.662. The van der Waals surface area contributed by atoms with Gasteiger partial charge in [0, 0.05) is 25.6 Å². The first-order valence-electron chi connectivity index (χ1n) is 7.26. The minimum absolute atomic E-state index is 0.323. The van der Waals surface area contributed by atoms with Crippen molar-refractivity contribution in [1.29, 1.82) is 0 Å². The van der Waals surface area contributed by atoms with Gasteiger partial charge in [-0.1, -0.05) is 6.92 Å². The largest absolute Gasteiger partial charge is 0.481 e. The number of carbonyl (C=O) groups is 1. The van der Waals surface area contributed by atoms with E-state index in [0.29, 0.717) is 24.5 Å². The molecule has 18 heavy (non-hydrogen) atoms. The highest BCUT2D eigenvalue weighted by Gasteiger charge is 2.31. The fourth-order valence-corrected chi connectivity index (χ4v) is 3.23. The van der Waals surface area contributed by atoms with Gasteiger partial charge in [0.15, 0.2) is 0 Å². The van der Waals surface area contributed by atoms with Crippen molar-refractivity contribution in [3.8, 4) is 0 Å². The van der Waals surface area contributed by atoms with Crippen molar-refractivity contribution in [2.45, 2.75) is 57.6 Å². The van der Waals surface area contributed by atoms with E-state index in [1.807, 2.05) is 0 Å². The summed E-state index contributed by atoms with van der Waals surface area (Å²) in [6.45, 7) is 5.31. The van der Waals surface area contributed by atoms with E-state index in [1.165, 1.54) is 6.42 Å². The van der Waals surface area contributed by atoms with E-state index in [2.05, 4.69) is 11.8 Å². The number of carboxylic acids is 1. The van der Waals surface area contributed by atoms with E-state index in [0.717, 1.165) is 45.4 Å². The molecule has 0 spiro atoms. The highest BCUT2D eigenvalue weighted by molar-refractivity contribution is 5.66. The molecule has 2 fully saturated rings. The van der Waals surface area contributed by atoms with Crippen LogP contribution < -0.4 is 0 Å². The van der Waals surface area contributed by atoms with Crippen molar-refractivity contribution in [3.05, 3.63) is 0 Å². The van der Waals surface area contributed by atoms with Crippen LogP contribution in [0.3, 0.4) is 0 Å². The lowest BCUT2D eigenvalue weighted by molar-refractivity contribution is -0.137. The van der Waals surface area contributed by atoms with Gasteiger partial charge in [-0.2, -0.15) is 0 Å². The van der Waals surface area contributed by atoms with E-state index in [4.69, 9.17) is 9.84 Å². The number of hydrogen-bond acceptors (Lipinski definition) is 3. The molecular weight excluding hydrogens is 230 g/mol. The monoisotopic (exact) mass is 255 g/mol. The molecule has 104 valence electrons. The molecule has 0 aliphatic carbocycles. The molecule has 4 heteroatoms. The summed E-state index contributed by atoms with van der Waals surface area (Å²) in [5.41, 5.74) is 0. The van der Waals surface area contributed by atoms with E-state index in [-0.39, 0.29) is 0 Å². The van der Waals surface area contributed by atoms with Gasteiger partial charge in [-0.05, 0) is 44.6 Å². The Kier molecular flexibility index (Phi) is 5.01. The van der Waals surface area contributed by atoms with Crippen LogP contribution in [-0.2, 0) is 9.53 Å². The van der Waals surface area contributed by atoms with Crippen LogP contribution in [0.15, 0.2) is 0 Å². The van der Waals surface area contributed by atoms with Gasteiger partial charge in [0.05, 0.1) is 6.10 Å². The van der Waals surface area contributed by atoms with E-state index in [9.17, 15) is 4.79 Å². The molecule has 0 amide bonds. The van der Waals surface area contributed by atoms with Crippen LogP contribution in [0.5, 0.6) is 0 Å². The van der Waals surface area contributed by atoms with Crippen LogP contribution in [0.2, 0.25) is 0 Å². The minimum Gasteiger partial charge on any atom is -0.481 e. The van der Waals surface area contributed by atoms with Gasteiger partial charge < -0.3 is 9.84 Å². The maximum atomic E-state index is 10.6. The Labute approximate surface area is 109 Å². The molecule has 0 radical (unpaired) electrons. The van der Waals surface area contributed by atoms with Crippen molar-refractivity contribution in [2.75, 3.05) is 19.7 Å². The molecule has 0 aromatic rings. The first-order chi connectivity index (χ1) is 8.69. The average Bonchev–Trinajstić information content (AvgIpc) is 2.85. The molecule has 1 N–H and O–H groups in total. The zero-order chi connectivity index (χ0) is 13.0. The summed E-state index contributed by atoms with van der Waals surface area (Å²) < 4.78 is 5.72. The Hall–Kier alpha value is -0.610. The SMILES string of the molecule is CCC1CC(N2CCC(CCC(=O)O)C2)CCO1. The van der Waals surface area contributed by atoms with E-state index < -0.39 is 5.97 Å². The first kappa shape index (κ1) is 13.8. The number of rotatable bonds is 5. The molecule has 3 atom stereocenters. The zero-order valence-corrected chi connectivity index (χ0v) is 11.3. The van der Waals surface area contributed by atoms with Crippen LogP contribution in [0.1, 0.15) is 45.4 Å². The molecule has 0 bridgehead atoms. The lowest BCUT2D eigenvalue weighted by Crippen LogP contribution is -2.41. The Morgan fingerprint density at radius 3 is 3.00 bits per heavy atom. The predicted octanol–water partition coefficient (Wildman–Crippen LogP) is 2.13. The quantitative estimate of drug-likeness (QED) is 0.817. The molecule has 2 aliphatic heterocycles. The normalized spacial score (nSPS) is 33.7. The van der Waals surface area contributed by atoms with Gasteiger partial charge in [-0.25, -0.2) is 0 Å². The van der Waals surface area contributed by atoms with Crippen LogP contribution in [0, 0.1) is 5.92 Å². The topological polar surface area (TPSA) is 49.8 Å². The van der Waals surface area contributed by atoms with Crippen molar-refractivity contribution < 1.29 is 14.6 Å². The van der Waals surface area contributed by atoms with E-state index in [1.54, 1.807) is 0 Å². The second-order valence-electron chi connectivity index (χ2n) is 5.66. The second-order valence-corrected chi connectivity index (χ2v) is 5.66. The molecular formula is C14H25NO3. The predicted molar refractivity (Wildman–Crippen MR) is 69.6 cm³/mol. The number of carboxylic acid groups (broad SMARTS) is 1. The van der Waals surface area contributed by atoms with Crippen LogP contribution >= 0.6 is 0 Å². The van der Waals surface area contributed by atoms with Crippen molar-refractivity contribution in [3.63, 3.8) is 0 Å². The fraction of sp³-hybridized carbons (Fsp3) is 0.929. The summed E-state index contributed by atoms with van der Waals surface area (Å²) in [7, 11) is 0. The smallest absolute Gasteiger partial charge is 0.303 e. The number of hydrogen-bond donors (Lipinski definition) is 1. The summed E-state index contributed by atoms with van der Waals surface area (Å²) in [6.07, 6.45) is 6.16. The Balaban J connectivity index is 1.75. The number of nitrogens with zero attached hydrogens (tertiary/aromatic N) is 1. The lowest BCUT2D eigenvalue weighted by atomic mass is 10.00. The molecule has 2 rings (SSSR count). The van der Waals surface area contributed by atoms with Gasteiger partial charge in [0.1, 0.15) is 0 Å². The molecule has 2 heterocycles. The maximum absolute atomic E-state index is 10.6. The first-order valence-corrected chi connectivity index (χ1v) is 7.26. The average molecular weight is 255 g/mol. The molecule has 0 aromatic carbocycles. The maximum Gasteiger partial charge on any atom is 0.303 e. The summed E-state index contributed by atoms with van der Waals surface area (Å²) >= 11 is 0. The van der Waals surface area contributed by atoms with Gasteiger partial charge in [-0.15, -0.1) is 0 Å². The van der Waals surface area contributed by atoms with Gasteiger partial charge >= 0.3 is 5.97 Å². The summed E-state index contributed by atoms with van der Waals surface area (Å²) in [5, 5.41) is 8.72. The molecule has 2 aliphatic rings. The summed E-state index contributed by atoms with van der Waals surface area (Å²) in [5.74, 6) is -0.0745. The highest BCUT2D eigenvalue weighted by atomic mass is 16.5. The van der Waals surface area contributed by atoms with Crippen LogP contribution in [0.4, 0.5) is 0 Å². The third-order valence-corrected chi connectivity index (χ3v) is 4.40. The van der Waals surface area contributed by atoms with Gasteiger partial charge in [0.2, 0.25) is 0 Å². The van der Waals surface area contributed by atoms with Crippen LogP contribution in [-0.4, -0.2) is 47.8 Å².